The van der Waals surface area contributed by atoms with Gasteiger partial charge in [-0.05, 0) is 82.6 Å². The van der Waals surface area contributed by atoms with Crippen LogP contribution in [-0.4, -0.2) is 50.4 Å². The van der Waals surface area contributed by atoms with Crippen LogP contribution in [0.25, 0.3) is 0 Å². The quantitative estimate of drug-likeness (QED) is 0.321. The summed E-state index contributed by atoms with van der Waals surface area (Å²) >= 11 is 0. The molecule has 43 heavy (non-hydrogen) atoms. The van der Waals surface area contributed by atoms with Gasteiger partial charge in [-0.15, -0.1) is 0 Å². The van der Waals surface area contributed by atoms with Crippen molar-refractivity contribution in [2.75, 3.05) is 18.0 Å². The van der Waals surface area contributed by atoms with E-state index in [0.29, 0.717) is 21.7 Å². The largest absolute Gasteiger partial charge is 0.497 e. The molecule has 0 aliphatic rings. The zero-order chi connectivity index (χ0) is 32.2. The first-order chi connectivity index (χ1) is 19.9. The Morgan fingerprint density at radius 1 is 0.953 bits per heavy atom. The van der Waals surface area contributed by atoms with Gasteiger partial charge in [0, 0.05) is 12.1 Å². The van der Waals surface area contributed by atoms with Crippen LogP contribution in [0.1, 0.15) is 44.4 Å². The number of alkyl halides is 3. The van der Waals surface area contributed by atoms with Crippen LogP contribution in [0.4, 0.5) is 18.9 Å². The third-order valence-corrected chi connectivity index (χ3v) is 8.31. The molecular formula is C31H36F3N3O5S. The number of anilines is 1. The summed E-state index contributed by atoms with van der Waals surface area (Å²) < 4.78 is 74.4. The Morgan fingerprint density at radius 3 is 2.09 bits per heavy atom. The molecule has 0 saturated heterocycles. The second-order valence-electron chi connectivity index (χ2n) is 11.2. The minimum absolute atomic E-state index is 0.0808. The highest BCUT2D eigenvalue weighted by Crippen LogP contribution is 2.33. The molecule has 0 unspecified atom stereocenters. The van der Waals surface area contributed by atoms with Gasteiger partial charge >= 0.3 is 6.18 Å². The molecule has 3 aromatic rings. The van der Waals surface area contributed by atoms with E-state index in [1.807, 2.05) is 0 Å². The van der Waals surface area contributed by atoms with Crippen molar-refractivity contribution in [3.05, 3.63) is 89.5 Å². The fourth-order valence-electron chi connectivity index (χ4n) is 4.19. The van der Waals surface area contributed by atoms with Gasteiger partial charge in [-0.2, -0.15) is 13.2 Å². The van der Waals surface area contributed by atoms with E-state index < -0.39 is 51.7 Å². The van der Waals surface area contributed by atoms with E-state index in [0.717, 1.165) is 17.7 Å². The Hall–Kier alpha value is -4.06. The summed E-state index contributed by atoms with van der Waals surface area (Å²) in [7, 11) is -3.02. The molecule has 1 N–H and O–H groups in total. The van der Waals surface area contributed by atoms with Gasteiger partial charge in [-0.3, -0.25) is 13.9 Å². The lowest BCUT2D eigenvalue weighted by molar-refractivity contribution is -0.140. The van der Waals surface area contributed by atoms with Crippen molar-refractivity contribution in [1.29, 1.82) is 0 Å². The summed E-state index contributed by atoms with van der Waals surface area (Å²) in [4.78, 5) is 28.1. The number of sulfonamides is 1. The molecule has 1 atom stereocenters. The lowest BCUT2D eigenvalue weighted by Crippen LogP contribution is -2.54. The van der Waals surface area contributed by atoms with Gasteiger partial charge in [0.05, 0.1) is 23.3 Å². The standard InChI is InChI=1S/C31H36F3N3O5S/c1-21-10-16-27(17-11-21)43(40,41)37(25-9-7-8-24(18-25)31(32,33)34)20-28(38)36(22(2)29(39)35-30(3,4)5)19-23-12-14-26(42-6)15-13-23/h7-18,22H,19-20H2,1-6H3,(H,35,39)/t22-/m0/s1. The number of hydrogen-bond acceptors (Lipinski definition) is 5. The van der Waals surface area contributed by atoms with Crippen LogP contribution in [0.5, 0.6) is 5.75 Å². The summed E-state index contributed by atoms with van der Waals surface area (Å²) in [5, 5.41) is 2.82. The number of nitrogens with one attached hydrogen (secondary N) is 1. The molecule has 0 spiro atoms. The maximum Gasteiger partial charge on any atom is 0.416 e. The number of carbonyl (C=O) groups is 2. The molecule has 0 heterocycles. The van der Waals surface area contributed by atoms with Crippen LogP contribution in [-0.2, 0) is 32.3 Å². The molecule has 0 aliphatic heterocycles. The SMILES string of the molecule is COc1ccc(CN(C(=O)CN(c2cccc(C(F)(F)F)c2)S(=O)(=O)c2ccc(C)cc2)[C@@H](C)C(=O)NC(C)(C)C)cc1. The van der Waals surface area contributed by atoms with Gasteiger partial charge in [-0.25, -0.2) is 8.42 Å². The lowest BCUT2D eigenvalue weighted by atomic mass is 10.1. The minimum atomic E-state index is -4.75. The van der Waals surface area contributed by atoms with E-state index in [1.54, 1.807) is 64.1 Å². The molecule has 0 saturated carbocycles. The molecule has 0 bridgehead atoms. The first-order valence-corrected chi connectivity index (χ1v) is 14.9. The number of methoxy groups -OCH3 is 1. The van der Waals surface area contributed by atoms with Crippen molar-refractivity contribution in [2.24, 2.45) is 0 Å². The Morgan fingerprint density at radius 2 is 1.56 bits per heavy atom. The van der Waals surface area contributed by atoms with Crippen LogP contribution in [0.2, 0.25) is 0 Å². The number of amides is 2. The van der Waals surface area contributed by atoms with Gasteiger partial charge in [0.15, 0.2) is 0 Å². The van der Waals surface area contributed by atoms with Crippen LogP contribution < -0.4 is 14.4 Å². The van der Waals surface area contributed by atoms with Crippen molar-refractivity contribution in [1.82, 2.24) is 10.2 Å². The van der Waals surface area contributed by atoms with Crippen LogP contribution >= 0.6 is 0 Å². The van der Waals surface area contributed by atoms with Gasteiger partial charge in [-0.1, -0.05) is 35.9 Å². The van der Waals surface area contributed by atoms with E-state index in [4.69, 9.17) is 4.74 Å². The Bertz CT molecular complexity index is 1530. The Balaban J connectivity index is 2.09. The summed E-state index contributed by atoms with van der Waals surface area (Å²) in [5.74, 6) is -0.707. The molecule has 2 amide bonds. The highest BCUT2D eigenvalue weighted by Gasteiger charge is 2.35. The number of nitrogens with zero attached hydrogens (tertiary/aromatic N) is 2. The Labute approximate surface area is 250 Å². The van der Waals surface area contributed by atoms with Crippen LogP contribution in [0, 0.1) is 6.92 Å². The fraction of sp³-hybridized carbons (Fsp3) is 0.355. The van der Waals surface area contributed by atoms with Crippen molar-refractivity contribution in [3.8, 4) is 5.75 Å². The smallest absolute Gasteiger partial charge is 0.416 e. The first kappa shape index (κ1) is 33.4. The average molecular weight is 620 g/mol. The molecule has 12 heteroatoms. The van der Waals surface area contributed by atoms with Crippen molar-refractivity contribution >= 4 is 27.5 Å². The molecule has 0 fully saturated rings. The lowest BCUT2D eigenvalue weighted by Gasteiger charge is -2.33. The predicted molar refractivity (Wildman–Crippen MR) is 158 cm³/mol. The van der Waals surface area contributed by atoms with Gasteiger partial charge < -0.3 is 15.0 Å². The highest BCUT2D eigenvalue weighted by molar-refractivity contribution is 7.92. The number of ether oxygens (including phenoxy) is 1. The topological polar surface area (TPSA) is 96.0 Å². The van der Waals surface area contributed by atoms with Gasteiger partial charge in [0.25, 0.3) is 10.0 Å². The summed E-state index contributed by atoms with van der Waals surface area (Å²) in [6, 6.07) is 15.2. The summed E-state index contributed by atoms with van der Waals surface area (Å²) in [6.45, 7) is 7.64. The number of carbonyl (C=O) groups excluding carboxylic acids is 2. The number of halogens is 3. The maximum atomic E-state index is 14.0. The van der Waals surface area contributed by atoms with Crippen molar-refractivity contribution in [3.63, 3.8) is 0 Å². The highest BCUT2D eigenvalue weighted by atomic mass is 32.2. The third kappa shape index (κ3) is 8.73. The normalized spacial score (nSPS) is 12.8. The predicted octanol–water partition coefficient (Wildman–Crippen LogP) is 5.55. The zero-order valence-electron chi connectivity index (χ0n) is 24.9. The van der Waals surface area contributed by atoms with Crippen molar-refractivity contribution in [2.45, 2.75) is 63.8 Å². The molecule has 3 aromatic carbocycles. The zero-order valence-corrected chi connectivity index (χ0v) is 25.7. The van der Waals surface area contributed by atoms with Crippen molar-refractivity contribution < 1.29 is 35.9 Å². The first-order valence-electron chi connectivity index (χ1n) is 13.4. The maximum absolute atomic E-state index is 14.0. The average Bonchev–Trinajstić information content (AvgIpc) is 2.93. The summed E-state index contributed by atoms with van der Waals surface area (Å²) in [5.41, 5.74) is -0.657. The van der Waals surface area contributed by atoms with E-state index in [1.165, 1.54) is 37.1 Å². The number of rotatable bonds is 10. The van der Waals surface area contributed by atoms with E-state index >= 15 is 0 Å². The molecule has 0 aliphatic carbocycles. The second kappa shape index (κ2) is 13.1. The van der Waals surface area contributed by atoms with Gasteiger partial charge in [0.2, 0.25) is 11.8 Å². The third-order valence-electron chi connectivity index (χ3n) is 6.53. The van der Waals surface area contributed by atoms with E-state index in [2.05, 4.69) is 5.32 Å². The molecule has 3 rings (SSSR count). The minimum Gasteiger partial charge on any atom is -0.497 e. The monoisotopic (exact) mass is 619 g/mol. The number of aryl methyl sites for hydroxylation is 1. The molecular weight excluding hydrogens is 583 g/mol. The molecule has 232 valence electrons. The second-order valence-corrected chi connectivity index (χ2v) is 13.0. The Kier molecular flexibility index (Phi) is 10.2. The number of hydrogen-bond donors (Lipinski definition) is 1. The molecule has 0 radical (unpaired) electrons. The number of benzene rings is 3. The van der Waals surface area contributed by atoms with E-state index in [-0.39, 0.29) is 17.1 Å². The van der Waals surface area contributed by atoms with Crippen LogP contribution in [0.15, 0.2) is 77.7 Å². The molecule has 0 aromatic heterocycles. The summed E-state index contributed by atoms with van der Waals surface area (Å²) in [6.07, 6.45) is -4.75. The van der Waals surface area contributed by atoms with Crippen LogP contribution in [0.3, 0.4) is 0 Å². The van der Waals surface area contributed by atoms with E-state index in [9.17, 15) is 31.2 Å². The van der Waals surface area contributed by atoms with Gasteiger partial charge in [0.1, 0.15) is 18.3 Å². The molecule has 8 nitrogen and oxygen atoms in total. The fourth-order valence-corrected chi connectivity index (χ4v) is 5.59.